The third-order valence-corrected chi connectivity index (χ3v) is 4.50. The summed E-state index contributed by atoms with van der Waals surface area (Å²) in [7, 11) is 0. The third-order valence-electron chi connectivity index (χ3n) is 4.50. The lowest BCUT2D eigenvalue weighted by atomic mass is 9.60. The van der Waals surface area contributed by atoms with Crippen LogP contribution in [0.4, 0.5) is 13.2 Å². The molecule has 2 nitrogen and oxygen atoms in total. The fourth-order valence-corrected chi connectivity index (χ4v) is 3.48. The number of hydrogen-bond donors (Lipinski definition) is 1. The van der Waals surface area contributed by atoms with E-state index in [0.29, 0.717) is 5.41 Å². The van der Waals surface area contributed by atoms with Crippen LogP contribution in [0.25, 0.3) is 0 Å². The molecule has 1 saturated carbocycles. The first-order valence-corrected chi connectivity index (χ1v) is 6.85. The Balaban J connectivity index is 1.90. The van der Waals surface area contributed by atoms with Crippen LogP contribution < -0.4 is 5.32 Å². The van der Waals surface area contributed by atoms with Gasteiger partial charge >= 0.3 is 6.18 Å². The van der Waals surface area contributed by atoms with Crippen LogP contribution in [0.2, 0.25) is 0 Å². The molecule has 1 heterocycles. The lowest BCUT2D eigenvalue weighted by Crippen LogP contribution is -2.57. The van der Waals surface area contributed by atoms with Gasteiger partial charge in [-0.3, -0.25) is 4.90 Å². The van der Waals surface area contributed by atoms with E-state index in [4.69, 9.17) is 0 Å². The van der Waals surface area contributed by atoms with E-state index in [1.165, 1.54) is 0 Å². The Morgan fingerprint density at radius 1 is 1.22 bits per heavy atom. The fourth-order valence-electron chi connectivity index (χ4n) is 3.48. The van der Waals surface area contributed by atoms with Gasteiger partial charge < -0.3 is 5.32 Å². The summed E-state index contributed by atoms with van der Waals surface area (Å²) in [5.74, 6) is 0. The molecule has 2 aliphatic rings. The summed E-state index contributed by atoms with van der Waals surface area (Å²) in [5.41, 5.74) is 0.342. The van der Waals surface area contributed by atoms with E-state index in [-0.39, 0.29) is 12.1 Å². The average molecular weight is 264 g/mol. The quantitative estimate of drug-likeness (QED) is 0.843. The molecular weight excluding hydrogens is 241 g/mol. The van der Waals surface area contributed by atoms with Crippen molar-refractivity contribution in [3.05, 3.63) is 0 Å². The van der Waals surface area contributed by atoms with Crippen LogP contribution in [-0.4, -0.2) is 42.8 Å². The van der Waals surface area contributed by atoms with E-state index >= 15 is 0 Å². The highest BCUT2D eigenvalue weighted by Crippen LogP contribution is 2.50. The second kappa shape index (κ2) is 5.00. The van der Waals surface area contributed by atoms with Crippen LogP contribution in [0.15, 0.2) is 0 Å². The number of halogens is 3. The van der Waals surface area contributed by atoms with E-state index in [1.807, 2.05) is 13.8 Å². The van der Waals surface area contributed by atoms with Crippen molar-refractivity contribution in [2.45, 2.75) is 57.8 Å². The lowest BCUT2D eigenvalue weighted by molar-refractivity contribution is -0.168. The first-order valence-electron chi connectivity index (χ1n) is 6.85. The highest BCUT2D eigenvalue weighted by atomic mass is 19.4. The molecule has 18 heavy (non-hydrogen) atoms. The summed E-state index contributed by atoms with van der Waals surface area (Å²) in [6.45, 7) is 5.00. The van der Waals surface area contributed by atoms with E-state index in [2.05, 4.69) is 5.32 Å². The normalized spacial score (nSPS) is 24.8. The number of nitrogens with one attached hydrogen (secondary N) is 1. The summed E-state index contributed by atoms with van der Waals surface area (Å²) in [5, 5.41) is 3.32. The van der Waals surface area contributed by atoms with E-state index in [0.717, 1.165) is 38.8 Å². The molecular formula is C13H23F3N2. The number of hydrogen-bond acceptors (Lipinski definition) is 2. The second-order valence-corrected chi connectivity index (χ2v) is 6.19. The Labute approximate surface area is 107 Å². The summed E-state index contributed by atoms with van der Waals surface area (Å²) >= 11 is 0. The SMILES string of the molecule is CC(C)N(CC(F)(F)F)C1CC2(CCNCC2)C1. The monoisotopic (exact) mass is 264 g/mol. The molecule has 0 atom stereocenters. The molecule has 106 valence electrons. The topological polar surface area (TPSA) is 15.3 Å². The molecule has 0 amide bonds. The zero-order valence-corrected chi connectivity index (χ0v) is 11.2. The van der Waals surface area contributed by atoms with Gasteiger partial charge in [0, 0.05) is 12.1 Å². The first kappa shape index (κ1) is 14.1. The van der Waals surface area contributed by atoms with Gasteiger partial charge in [-0.1, -0.05) is 0 Å². The smallest absolute Gasteiger partial charge is 0.317 e. The van der Waals surface area contributed by atoms with Crippen molar-refractivity contribution < 1.29 is 13.2 Å². The average Bonchev–Trinajstić information content (AvgIpc) is 2.22. The molecule has 1 aliphatic heterocycles. The molecule has 0 aromatic rings. The summed E-state index contributed by atoms with van der Waals surface area (Å²) in [6.07, 6.45) is 0.0654. The van der Waals surface area contributed by atoms with Gasteiger partial charge in [-0.15, -0.1) is 0 Å². The molecule has 0 bridgehead atoms. The van der Waals surface area contributed by atoms with Gasteiger partial charge in [0.15, 0.2) is 0 Å². The van der Waals surface area contributed by atoms with Gasteiger partial charge in [0.25, 0.3) is 0 Å². The molecule has 1 spiro atoms. The van der Waals surface area contributed by atoms with Gasteiger partial charge in [0.05, 0.1) is 6.54 Å². The van der Waals surface area contributed by atoms with E-state index in [9.17, 15) is 13.2 Å². The first-order chi connectivity index (χ1) is 8.31. The number of rotatable bonds is 3. The number of nitrogens with zero attached hydrogens (tertiary/aromatic N) is 1. The van der Waals surface area contributed by atoms with Crippen molar-refractivity contribution in [1.82, 2.24) is 10.2 Å². The van der Waals surface area contributed by atoms with Crippen LogP contribution >= 0.6 is 0 Å². The largest absolute Gasteiger partial charge is 0.401 e. The van der Waals surface area contributed by atoms with Crippen LogP contribution in [-0.2, 0) is 0 Å². The molecule has 2 fully saturated rings. The van der Waals surface area contributed by atoms with Gasteiger partial charge in [0.1, 0.15) is 0 Å². The number of alkyl halides is 3. The maximum Gasteiger partial charge on any atom is 0.401 e. The van der Waals surface area contributed by atoms with Gasteiger partial charge in [-0.25, -0.2) is 0 Å². The van der Waals surface area contributed by atoms with Crippen molar-refractivity contribution in [2.24, 2.45) is 5.41 Å². The van der Waals surface area contributed by atoms with Crippen LogP contribution in [0.1, 0.15) is 39.5 Å². The predicted molar refractivity (Wildman–Crippen MR) is 65.5 cm³/mol. The highest BCUT2D eigenvalue weighted by molar-refractivity contribution is 5.01. The Morgan fingerprint density at radius 2 is 1.78 bits per heavy atom. The molecule has 2 rings (SSSR count). The standard InChI is InChI=1S/C13H23F3N2/c1-10(2)18(9-13(14,15)16)11-7-12(8-11)3-5-17-6-4-12/h10-11,17H,3-9H2,1-2H3. The Morgan fingerprint density at radius 3 is 2.22 bits per heavy atom. The summed E-state index contributed by atoms with van der Waals surface area (Å²) in [6, 6.07) is 0.0976. The maximum atomic E-state index is 12.6. The zero-order chi connectivity index (χ0) is 13.4. The minimum Gasteiger partial charge on any atom is -0.317 e. The van der Waals surface area contributed by atoms with Crippen molar-refractivity contribution in [3.63, 3.8) is 0 Å². The highest BCUT2D eigenvalue weighted by Gasteiger charge is 2.48. The molecule has 0 aromatic heterocycles. The molecule has 0 radical (unpaired) electrons. The van der Waals surface area contributed by atoms with Gasteiger partial charge in [-0.2, -0.15) is 13.2 Å². The van der Waals surface area contributed by atoms with Crippen LogP contribution in [0, 0.1) is 5.41 Å². The van der Waals surface area contributed by atoms with Crippen molar-refractivity contribution in [1.29, 1.82) is 0 Å². The number of piperidine rings is 1. The van der Waals surface area contributed by atoms with Crippen molar-refractivity contribution in [2.75, 3.05) is 19.6 Å². The van der Waals surface area contributed by atoms with E-state index < -0.39 is 12.7 Å². The lowest BCUT2D eigenvalue weighted by Gasteiger charge is -2.55. The van der Waals surface area contributed by atoms with Gasteiger partial charge in [-0.05, 0) is 58.0 Å². The molecule has 5 heteroatoms. The zero-order valence-electron chi connectivity index (χ0n) is 11.2. The molecule has 0 unspecified atom stereocenters. The molecule has 1 aliphatic carbocycles. The third kappa shape index (κ3) is 3.18. The Bertz CT molecular complexity index is 274. The summed E-state index contributed by atoms with van der Waals surface area (Å²) in [4.78, 5) is 1.63. The van der Waals surface area contributed by atoms with Crippen molar-refractivity contribution in [3.8, 4) is 0 Å². The van der Waals surface area contributed by atoms with E-state index in [1.54, 1.807) is 4.90 Å². The van der Waals surface area contributed by atoms with Crippen LogP contribution in [0.5, 0.6) is 0 Å². The molecule has 0 aromatic carbocycles. The second-order valence-electron chi connectivity index (χ2n) is 6.19. The van der Waals surface area contributed by atoms with Crippen molar-refractivity contribution >= 4 is 0 Å². The molecule has 1 N–H and O–H groups in total. The Hall–Kier alpha value is -0.290. The predicted octanol–water partition coefficient (Wildman–Crippen LogP) is 2.79. The van der Waals surface area contributed by atoms with Crippen LogP contribution in [0.3, 0.4) is 0 Å². The van der Waals surface area contributed by atoms with Gasteiger partial charge in [0.2, 0.25) is 0 Å². The minimum absolute atomic E-state index is 0.0318. The minimum atomic E-state index is -4.08. The fraction of sp³-hybridized carbons (Fsp3) is 1.00. The molecule has 1 saturated heterocycles. The Kier molecular flexibility index (Phi) is 3.93. The maximum absolute atomic E-state index is 12.6. The summed E-state index contributed by atoms with van der Waals surface area (Å²) < 4.78 is 37.7.